The average molecular weight is 281 g/mol. The molecule has 0 aliphatic heterocycles. The van der Waals surface area contributed by atoms with Gasteiger partial charge in [0, 0.05) is 18.3 Å². The van der Waals surface area contributed by atoms with E-state index in [1.807, 2.05) is 60.7 Å². The first-order valence-electron chi connectivity index (χ1n) is 7.02. The Labute approximate surface area is 124 Å². The van der Waals surface area contributed by atoms with Crippen LogP contribution >= 0.6 is 0 Å². The first-order valence-corrected chi connectivity index (χ1v) is 7.02. The number of benzene rings is 1. The number of rotatable bonds is 4. The summed E-state index contributed by atoms with van der Waals surface area (Å²) in [6.45, 7) is 4.78. The van der Waals surface area contributed by atoms with Gasteiger partial charge in [0.2, 0.25) is 0 Å². The van der Waals surface area contributed by atoms with Crippen LogP contribution in [0.5, 0.6) is 0 Å². The van der Waals surface area contributed by atoms with Crippen LogP contribution in [0.3, 0.4) is 0 Å². The quantitative estimate of drug-likeness (QED) is 0.799. The molecule has 0 aliphatic carbocycles. The third-order valence-corrected chi connectivity index (χ3v) is 3.45. The van der Waals surface area contributed by atoms with Crippen LogP contribution in [0.2, 0.25) is 0 Å². The molecule has 3 aromatic rings. The number of hydrogen-bond acceptors (Lipinski definition) is 3. The Kier molecular flexibility index (Phi) is 3.58. The Morgan fingerprint density at radius 1 is 1.05 bits per heavy atom. The summed E-state index contributed by atoms with van der Waals surface area (Å²) in [5.41, 5.74) is 4.19. The van der Waals surface area contributed by atoms with E-state index < -0.39 is 0 Å². The first kappa shape index (κ1) is 13.6. The molecule has 3 rings (SSSR count). The van der Waals surface area contributed by atoms with Crippen LogP contribution in [0, 0.1) is 13.8 Å². The molecule has 0 aliphatic rings. The fourth-order valence-electron chi connectivity index (χ4n) is 2.45. The standard InChI is InChI=1S/C16H19N5/c1-12-9-10-20(18-12)16-15(11-17-3)13(2)19-21(16)14-7-5-4-6-8-14/h4-10,17H,11H2,1-3H3. The topological polar surface area (TPSA) is 47.7 Å². The Balaban J connectivity index is 2.23. The summed E-state index contributed by atoms with van der Waals surface area (Å²) in [5, 5.41) is 12.5. The second kappa shape index (κ2) is 5.54. The van der Waals surface area contributed by atoms with Gasteiger partial charge in [-0.05, 0) is 39.1 Å². The van der Waals surface area contributed by atoms with Crippen molar-refractivity contribution in [3.63, 3.8) is 0 Å². The van der Waals surface area contributed by atoms with Crippen molar-refractivity contribution < 1.29 is 0 Å². The van der Waals surface area contributed by atoms with Gasteiger partial charge in [-0.15, -0.1) is 0 Å². The van der Waals surface area contributed by atoms with Crippen molar-refractivity contribution in [3.8, 4) is 11.5 Å². The molecule has 0 unspecified atom stereocenters. The average Bonchev–Trinajstić information content (AvgIpc) is 3.05. The lowest BCUT2D eigenvalue weighted by Gasteiger charge is -2.09. The monoisotopic (exact) mass is 281 g/mol. The van der Waals surface area contributed by atoms with Gasteiger partial charge in [-0.25, -0.2) is 9.36 Å². The van der Waals surface area contributed by atoms with Gasteiger partial charge in [0.15, 0.2) is 5.82 Å². The zero-order chi connectivity index (χ0) is 14.8. The SMILES string of the molecule is CNCc1c(C)nn(-c2ccccc2)c1-n1ccc(C)n1. The lowest BCUT2D eigenvalue weighted by Crippen LogP contribution is -2.12. The highest BCUT2D eigenvalue weighted by Gasteiger charge is 2.18. The normalized spacial score (nSPS) is 11.0. The van der Waals surface area contributed by atoms with Crippen LogP contribution in [0.25, 0.3) is 11.5 Å². The smallest absolute Gasteiger partial charge is 0.161 e. The maximum Gasteiger partial charge on any atom is 0.161 e. The van der Waals surface area contributed by atoms with E-state index in [4.69, 9.17) is 5.10 Å². The van der Waals surface area contributed by atoms with Crippen molar-refractivity contribution in [3.05, 3.63) is 59.5 Å². The molecule has 0 atom stereocenters. The van der Waals surface area contributed by atoms with Crippen molar-refractivity contribution in [2.45, 2.75) is 20.4 Å². The molecule has 5 heteroatoms. The predicted molar refractivity (Wildman–Crippen MR) is 82.9 cm³/mol. The fraction of sp³-hybridized carbons (Fsp3) is 0.250. The minimum absolute atomic E-state index is 0.757. The molecule has 0 bridgehead atoms. The summed E-state index contributed by atoms with van der Waals surface area (Å²) in [6.07, 6.45) is 1.98. The number of aromatic nitrogens is 4. The van der Waals surface area contributed by atoms with Gasteiger partial charge in [-0.3, -0.25) is 0 Å². The molecular formula is C16H19N5. The van der Waals surface area contributed by atoms with Gasteiger partial charge in [-0.1, -0.05) is 18.2 Å². The van der Waals surface area contributed by atoms with Gasteiger partial charge in [0.25, 0.3) is 0 Å². The lowest BCUT2D eigenvalue weighted by molar-refractivity contribution is 0.739. The van der Waals surface area contributed by atoms with E-state index in [1.54, 1.807) is 0 Å². The summed E-state index contributed by atoms with van der Waals surface area (Å²) >= 11 is 0. The summed E-state index contributed by atoms with van der Waals surface area (Å²) < 4.78 is 3.85. The summed E-state index contributed by atoms with van der Waals surface area (Å²) in [6, 6.07) is 12.1. The predicted octanol–water partition coefficient (Wildman–Crippen LogP) is 2.39. The summed E-state index contributed by atoms with van der Waals surface area (Å²) in [7, 11) is 1.94. The van der Waals surface area contributed by atoms with E-state index in [9.17, 15) is 0 Å². The minimum atomic E-state index is 0.757. The van der Waals surface area contributed by atoms with E-state index in [-0.39, 0.29) is 0 Å². The largest absolute Gasteiger partial charge is 0.315 e. The molecule has 2 heterocycles. The second-order valence-electron chi connectivity index (χ2n) is 5.07. The van der Waals surface area contributed by atoms with Gasteiger partial charge in [-0.2, -0.15) is 10.2 Å². The van der Waals surface area contributed by atoms with E-state index in [0.717, 1.165) is 35.0 Å². The van der Waals surface area contributed by atoms with Crippen LogP contribution in [-0.2, 0) is 6.54 Å². The van der Waals surface area contributed by atoms with E-state index in [0.29, 0.717) is 0 Å². The summed E-state index contributed by atoms with van der Waals surface area (Å²) in [5.74, 6) is 0.987. The van der Waals surface area contributed by atoms with Crippen molar-refractivity contribution in [1.29, 1.82) is 0 Å². The van der Waals surface area contributed by atoms with Gasteiger partial charge in [0.05, 0.1) is 17.1 Å². The molecule has 0 saturated carbocycles. The third kappa shape index (κ3) is 2.48. The van der Waals surface area contributed by atoms with Gasteiger partial charge in [0.1, 0.15) is 0 Å². The number of nitrogens with one attached hydrogen (secondary N) is 1. The minimum Gasteiger partial charge on any atom is -0.315 e. The van der Waals surface area contributed by atoms with Crippen LogP contribution in [-0.4, -0.2) is 26.6 Å². The lowest BCUT2D eigenvalue weighted by atomic mass is 10.2. The molecule has 0 saturated heterocycles. The highest BCUT2D eigenvalue weighted by molar-refractivity contribution is 5.45. The fourth-order valence-corrected chi connectivity index (χ4v) is 2.45. The number of aryl methyl sites for hydroxylation is 2. The van der Waals surface area contributed by atoms with Crippen molar-refractivity contribution in [2.75, 3.05) is 7.05 Å². The van der Waals surface area contributed by atoms with Crippen molar-refractivity contribution in [1.82, 2.24) is 24.9 Å². The Hall–Kier alpha value is -2.40. The molecule has 21 heavy (non-hydrogen) atoms. The summed E-state index contributed by atoms with van der Waals surface area (Å²) in [4.78, 5) is 0. The van der Waals surface area contributed by atoms with Crippen LogP contribution < -0.4 is 5.32 Å². The highest BCUT2D eigenvalue weighted by atomic mass is 15.4. The molecule has 0 amide bonds. The zero-order valence-electron chi connectivity index (χ0n) is 12.5. The zero-order valence-corrected chi connectivity index (χ0v) is 12.5. The second-order valence-corrected chi connectivity index (χ2v) is 5.07. The molecule has 2 aromatic heterocycles. The number of hydrogen-bond donors (Lipinski definition) is 1. The number of nitrogens with zero attached hydrogens (tertiary/aromatic N) is 4. The molecule has 108 valence electrons. The van der Waals surface area contributed by atoms with E-state index >= 15 is 0 Å². The highest BCUT2D eigenvalue weighted by Crippen LogP contribution is 2.22. The van der Waals surface area contributed by atoms with E-state index in [1.165, 1.54) is 0 Å². The van der Waals surface area contributed by atoms with Crippen molar-refractivity contribution in [2.24, 2.45) is 0 Å². The molecular weight excluding hydrogens is 262 g/mol. The molecule has 5 nitrogen and oxygen atoms in total. The van der Waals surface area contributed by atoms with Crippen LogP contribution in [0.1, 0.15) is 17.0 Å². The molecule has 1 aromatic carbocycles. The van der Waals surface area contributed by atoms with Gasteiger partial charge < -0.3 is 5.32 Å². The molecule has 0 fully saturated rings. The van der Waals surface area contributed by atoms with Crippen LogP contribution in [0.4, 0.5) is 0 Å². The Morgan fingerprint density at radius 3 is 2.43 bits per heavy atom. The Bertz CT molecular complexity index is 739. The van der Waals surface area contributed by atoms with E-state index in [2.05, 4.69) is 22.5 Å². The number of para-hydroxylation sites is 1. The Morgan fingerprint density at radius 2 is 1.81 bits per heavy atom. The van der Waals surface area contributed by atoms with Gasteiger partial charge >= 0.3 is 0 Å². The molecule has 1 N–H and O–H groups in total. The third-order valence-electron chi connectivity index (χ3n) is 3.45. The maximum atomic E-state index is 4.70. The van der Waals surface area contributed by atoms with Crippen molar-refractivity contribution >= 4 is 0 Å². The van der Waals surface area contributed by atoms with Crippen LogP contribution in [0.15, 0.2) is 42.6 Å². The maximum absolute atomic E-state index is 4.70. The molecule has 0 radical (unpaired) electrons. The first-order chi connectivity index (χ1) is 10.2. The molecule has 0 spiro atoms.